The van der Waals surface area contributed by atoms with Crippen LogP contribution in [-0.2, 0) is 6.42 Å². The largest absolute Gasteiger partial charge is 0.321 e. The van der Waals surface area contributed by atoms with Crippen molar-refractivity contribution >= 4 is 34.7 Å². The molecule has 0 aliphatic rings. The first-order valence-electron chi connectivity index (χ1n) is 8.70. The van der Waals surface area contributed by atoms with Crippen LogP contribution >= 0.6 is 11.3 Å². The number of hydrogen-bond acceptors (Lipinski definition) is 4. The van der Waals surface area contributed by atoms with Crippen molar-refractivity contribution < 1.29 is 14.4 Å². The zero-order valence-electron chi connectivity index (χ0n) is 15.2. The van der Waals surface area contributed by atoms with Gasteiger partial charge in [-0.1, -0.05) is 31.2 Å². The SMILES string of the molecule is CCc1ccc(C(=O)NNC(=O)c2ccccc2NC(=O)c2ccsc2)cc1. The fraction of sp³-hybridized carbons (Fsp3) is 0.0952. The molecule has 6 nitrogen and oxygen atoms in total. The Labute approximate surface area is 166 Å². The summed E-state index contributed by atoms with van der Waals surface area (Å²) < 4.78 is 0. The first kappa shape index (κ1) is 19.3. The molecule has 28 heavy (non-hydrogen) atoms. The van der Waals surface area contributed by atoms with Crippen molar-refractivity contribution in [3.8, 4) is 0 Å². The number of amides is 3. The predicted octanol–water partition coefficient (Wildman–Crippen LogP) is 3.64. The van der Waals surface area contributed by atoms with E-state index >= 15 is 0 Å². The maximum atomic E-state index is 12.5. The monoisotopic (exact) mass is 393 g/mol. The molecule has 0 spiro atoms. The van der Waals surface area contributed by atoms with E-state index in [4.69, 9.17) is 0 Å². The standard InChI is InChI=1S/C21H19N3O3S/c1-2-14-7-9-15(10-8-14)20(26)23-24-21(27)17-5-3-4-6-18(17)22-19(25)16-11-12-28-13-16/h3-13H,2H2,1H3,(H,22,25)(H,23,26)(H,24,27). The van der Waals surface area contributed by atoms with Crippen molar-refractivity contribution in [2.24, 2.45) is 0 Å². The van der Waals surface area contributed by atoms with E-state index in [-0.39, 0.29) is 11.5 Å². The maximum Gasteiger partial charge on any atom is 0.271 e. The number of rotatable bonds is 5. The van der Waals surface area contributed by atoms with Crippen LogP contribution in [-0.4, -0.2) is 17.7 Å². The summed E-state index contributed by atoms with van der Waals surface area (Å²) >= 11 is 1.41. The minimum Gasteiger partial charge on any atom is -0.321 e. The Kier molecular flexibility index (Phi) is 6.18. The molecule has 0 saturated heterocycles. The lowest BCUT2D eigenvalue weighted by atomic mass is 10.1. The molecule has 0 unspecified atom stereocenters. The third-order valence-electron chi connectivity index (χ3n) is 4.12. The minimum absolute atomic E-state index is 0.243. The normalized spacial score (nSPS) is 10.2. The van der Waals surface area contributed by atoms with Gasteiger partial charge in [-0.3, -0.25) is 25.2 Å². The molecule has 7 heteroatoms. The summed E-state index contributed by atoms with van der Waals surface area (Å²) in [5.41, 5.74) is 7.46. The van der Waals surface area contributed by atoms with Crippen LogP contribution in [0.2, 0.25) is 0 Å². The zero-order valence-corrected chi connectivity index (χ0v) is 16.0. The third-order valence-corrected chi connectivity index (χ3v) is 4.80. The van der Waals surface area contributed by atoms with Gasteiger partial charge in [0.25, 0.3) is 17.7 Å². The molecule has 0 fully saturated rings. The molecule has 0 aliphatic carbocycles. The van der Waals surface area contributed by atoms with Gasteiger partial charge in [-0.05, 0) is 47.7 Å². The van der Waals surface area contributed by atoms with Gasteiger partial charge in [0.2, 0.25) is 0 Å². The van der Waals surface area contributed by atoms with E-state index in [9.17, 15) is 14.4 Å². The summed E-state index contributed by atoms with van der Waals surface area (Å²) in [6.07, 6.45) is 0.881. The highest BCUT2D eigenvalue weighted by atomic mass is 32.1. The number of hydrazine groups is 1. The first-order valence-corrected chi connectivity index (χ1v) is 9.65. The summed E-state index contributed by atoms with van der Waals surface area (Å²) in [6.45, 7) is 2.03. The van der Waals surface area contributed by atoms with Gasteiger partial charge in [-0.2, -0.15) is 11.3 Å². The van der Waals surface area contributed by atoms with E-state index in [0.717, 1.165) is 12.0 Å². The minimum atomic E-state index is -0.528. The molecule has 0 bridgehead atoms. The Bertz CT molecular complexity index is 982. The highest BCUT2D eigenvalue weighted by molar-refractivity contribution is 7.08. The number of thiophene rings is 1. The quantitative estimate of drug-likeness (QED) is 0.579. The van der Waals surface area contributed by atoms with Crippen LogP contribution in [0.1, 0.15) is 43.6 Å². The van der Waals surface area contributed by atoms with Crippen LogP contribution < -0.4 is 16.2 Å². The van der Waals surface area contributed by atoms with Crippen molar-refractivity contribution in [2.75, 3.05) is 5.32 Å². The molecule has 0 radical (unpaired) electrons. The van der Waals surface area contributed by atoms with E-state index in [1.54, 1.807) is 53.2 Å². The van der Waals surface area contributed by atoms with Gasteiger partial charge in [0, 0.05) is 10.9 Å². The smallest absolute Gasteiger partial charge is 0.271 e. The number of nitrogens with one attached hydrogen (secondary N) is 3. The summed E-state index contributed by atoms with van der Waals surface area (Å²) in [6, 6.07) is 15.4. The van der Waals surface area contributed by atoms with Gasteiger partial charge in [-0.25, -0.2) is 0 Å². The van der Waals surface area contributed by atoms with Crippen molar-refractivity contribution in [3.63, 3.8) is 0 Å². The van der Waals surface area contributed by atoms with Crippen LogP contribution in [0, 0.1) is 0 Å². The molecule has 3 rings (SSSR count). The van der Waals surface area contributed by atoms with E-state index in [0.29, 0.717) is 16.8 Å². The Balaban J connectivity index is 1.65. The molecule has 3 aromatic rings. The van der Waals surface area contributed by atoms with E-state index in [2.05, 4.69) is 16.2 Å². The Morgan fingerprint density at radius 2 is 1.54 bits per heavy atom. The molecule has 2 aromatic carbocycles. The Morgan fingerprint density at radius 3 is 2.21 bits per heavy atom. The fourth-order valence-corrected chi connectivity index (χ4v) is 3.16. The van der Waals surface area contributed by atoms with Gasteiger partial charge in [0.1, 0.15) is 0 Å². The zero-order chi connectivity index (χ0) is 19.9. The molecule has 1 aromatic heterocycles. The second-order valence-corrected chi connectivity index (χ2v) is 6.75. The predicted molar refractivity (Wildman–Crippen MR) is 109 cm³/mol. The van der Waals surface area contributed by atoms with Crippen molar-refractivity contribution in [2.45, 2.75) is 13.3 Å². The summed E-state index contributed by atoms with van der Waals surface area (Å²) in [5.74, 6) is -1.25. The maximum absolute atomic E-state index is 12.5. The average Bonchev–Trinajstić information content (AvgIpc) is 3.27. The van der Waals surface area contributed by atoms with Crippen LogP contribution in [0.4, 0.5) is 5.69 Å². The van der Waals surface area contributed by atoms with Crippen LogP contribution in [0.5, 0.6) is 0 Å². The molecule has 0 saturated carbocycles. The molecular formula is C21H19N3O3S. The number of carbonyl (C=O) groups is 3. The number of para-hydroxylation sites is 1. The highest BCUT2D eigenvalue weighted by Gasteiger charge is 2.15. The lowest BCUT2D eigenvalue weighted by Crippen LogP contribution is -2.41. The summed E-state index contributed by atoms with van der Waals surface area (Å²) in [4.78, 5) is 36.9. The lowest BCUT2D eigenvalue weighted by Gasteiger charge is -2.12. The number of hydrogen-bond donors (Lipinski definition) is 3. The highest BCUT2D eigenvalue weighted by Crippen LogP contribution is 2.17. The van der Waals surface area contributed by atoms with Gasteiger partial charge in [-0.15, -0.1) is 0 Å². The van der Waals surface area contributed by atoms with Crippen LogP contribution in [0.25, 0.3) is 0 Å². The summed E-state index contributed by atoms with van der Waals surface area (Å²) in [5, 5.41) is 6.25. The molecule has 0 aliphatic heterocycles. The van der Waals surface area contributed by atoms with Crippen LogP contribution in [0.3, 0.4) is 0 Å². The van der Waals surface area contributed by atoms with Crippen molar-refractivity contribution in [3.05, 3.63) is 87.6 Å². The van der Waals surface area contributed by atoms with Gasteiger partial charge in [0.05, 0.1) is 16.8 Å². The number of anilines is 1. The second-order valence-electron chi connectivity index (χ2n) is 5.97. The number of carbonyl (C=O) groups excluding carboxylic acids is 3. The molecule has 3 N–H and O–H groups in total. The Morgan fingerprint density at radius 1 is 0.821 bits per heavy atom. The van der Waals surface area contributed by atoms with E-state index in [1.807, 2.05) is 19.1 Å². The molecule has 1 heterocycles. The topological polar surface area (TPSA) is 87.3 Å². The van der Waals surface area contributed by atoms with Gasteiger partial charge in [0.15, 0.2) is 0 Å². The van der Waals surface area contributed by atoms with Gasteiger partial charge < -0.3 is 5.32 Å². The molecule has 0 atom stereocenters. The molecule has 142 valence electrons. The second kappa shape index (κ2) is 8.96. The van der Waals surface area contributed by atoms with Crippen molar-refractivity contribution in [1.29, 1.82) is 0 Å². The third kappa shape index (κ3) is 4.63. The fourth-order valence-electron chi connectivity index (χ4n) is 2.52. The number of benzene rings is 2. The lowest BCUT2D eigenvalue weighted by molar-refractivity contribution is 0.0847. The van der Waals surface area contributed by atoms with Gasteiger partial charge >= 0.3 is 0 Å². The Hall–Kier alpha value is -3.45. The average molecular weight is 393 g/mol. The first-order chi connectivity index (χ1) is 13.6. The molecular weight excluding hydrogens is 374 g/mol. The van der Waals surface area contributed by atoms with E-state index in [1.165, 1.54) is 11.3 Å². The number of aryl methyl sites for hydroxylation is 1. The summed E-state index contributed by atoms with van der Waals surface area (Å²) in [7, 11) is 0. The van der Waals surface area contributed by atoms with Crippen LogP contribution in [0.15, 0.2) is 65.4 Å². The van der Waals surface area contributed by atoms with Crippen molar-refractivity contribution in [1.82, 2.24) is 10.9 Å². The molecule has 3 amide bonds. The van der Waals surface area contributed by atoms with E-state index < -0.39 is 11.8 Å².